The first-order valence-corrected chi connectivity index (χ1v) is 8.36. The van der Waals surface area contributed by atoms with E-state index in [4.69, 9.17) is 12.2 Å². The molecule has 2 heterocycles. The van der Waals surface area contributed by atoms with Crippen molar-refractivity contribution in [3.8, 4) is 0 Å². The number of para-hydroxylation sites is 1. The molecule has 1 aromatic carbocycles. The Morgan fingerprint density at radius 2 is 1.78 bits per heavy atom. The fourth-order valence-corrected chi connectivity index (χ4v) is 3.34. The fraction of sp³-hybridized carbons (Fsp3) is 0.333. The Morgan fingerprint density at radius 1 is 1.04 bits per heavy atom. The lowest BCUT2D eigenvalue weighted by Crippen LogP contribution is -2.59. The van der Waals surface area contributed by atoms with Gasteiger partial charge in [-0.05, 0) is 50.3 Å². The molecule has 0 aliphatic carbocycles. The maximum absolute atomic E-state index is 5.62. The van der Waals surface area contributed by atoms with Crippen LogP contribution in [0.3, 0.4) is 0 Å². The number of nitrogens with one attached hydrogen (secondary N) is 1. The second-order valence-electron chi connectivity index (χ2n) is 5.99. The Kier molecular flexibility index (Phi) is 4.76. The maximum Gasteiger partial charge on any atom is 0.173 e. The second-order valence-corrected chi connectivity index (χ2v) is 6.37. The highest BCUT2D eigenvalue weighted by atomic mass is 32.1. The molecule has 23 heavy (non-hydrogen) atoms. The van der Waals surface area contributed by atoms with Gasteiger partial charge in [0.1, 0.15) is 5.82 Å². The topological polar surface area (TPSA) is 31.4 Å². The molecular weight excluding hydrogens is 304 g/mol. The van der Waals surface area contributed by atoms with E-state index in [-0.39, 0.29) is 0 Å². The van der Waals surface area contributed by atoms with Crippen molar-refractivity contribution in [2.75, 3.05) is 23.3 Å². The van der Waals surface area contributed by atoms with Gasteiger partial charge in [0, 0.05) is 37.1 Å². The Labute approximate surface area is 143 Å². The fourth-order valence-electron chi connectivity index (χ4n) is 2.97. The molecule has 0 saturated carbocycles. The highest BCUT2D eigenvalue weighted by molar-refractivity contribution is 7.80. The van der Waals surface area contributed by atoms with Crippen LogP contribution in [0.15, 0.2) is 54.7 Å². The van der Waals surface area contributed by atoms with Gasteiger partial charge in [-0.15, -0.1) is 0 Å². The van der Waals surface area contributed by atoms with E-state index in [0.717, 1.165) is 29.7 Å². The lowest BCUT2D eigenvalue weighted by molar-refractivity contribution is 0.266. The van der Waals surface area contributed by atoms with E-state index >= 15 is 0 Å². The zero-order valence-electron chi connectivity index (χ0n) is 13.5. The molecule has 1 saturated heterocycles. The predicted octanol–water partition coefficient (Wildman–Crippen LogP) is 3.38. The molecule has 4 nitrogen and oxygen atoms in total. The van der Waals surface area contributed by atoms with Crippen molar-refractivity contribution in [2.24, 2.45) is 0 Å². The quantitative estimate of drug-likeness (QED) is 0.855. The molecule has 0 bridgehead atoms. The van der Waals surface area contributed by atoms with Crippen LogP contribution < -0.4 is 10.2 Å². The number of hydrogen-bond acceptors (Lipinski definition) is 3. The normalized spacial score (nSPS) is 21.1. The minimum Gasteiger partial charge on any atom is -0.350 e. The van der Waals surface area contributed by atoms with Gasteiger partial charge < -0.3 is 15.1 Å². The Balaban J connectivity index is 1.68. The molecule has 2 unspecified atom stereocenters. The van der Waals surface area contributed by atoms with Crippen LogP contribution in [0.25, 0.3) is 0 Å². The number of piperazine rings is 1. The average molecular weight is 326 g/mol. The summed E-state index contributed by atoms with van der Waals surface area (Å²) in [4.78, 5) is 9.11. The highest BCUT2D eigenvalue weighted by Gasteiger charge is 2.31. The van der Waals surface area contributed by atoms with Crippen LogP contribution in [0.1, 0.15) is 13.8 Å². The number of benzene rings is 1. The van der Waals surface area contributed by atoms with Gasteiger partial charge >= 0.3 is 0 Å². The number of pyridine rings is 1. The van der Waals surface area contributed by atoms with Gasteiger partial charge in [0.05, 0.1) is 0 Å². The smallest absolute Gasteiger partial charge is 0.173 e. The van der Waals surface area contributed by atoms with E-state index in [2.05, 4.69) is 40.0 Å². The van der Waals surface area contributed by atoms with E-state index in [1.54, 1.807) is 0 Å². The van der Waals surface area contributed by atoms with E-state index < -0.39 is 0 Å². The average Bonchev–Trinajstić information content (AvgIpc) is 2.58. The summed E-state index contributed by atoms with van der Waals surface area (Å²) in [5.41, 5.74) is 1.03. The van der Waals surface area contributed by atoms with Crippen molar-refractivity contribution in [1.82, 2.24) is 9.88 Å². The van der Waals surface area contributed by atoms with E-state index in [1.807, 2.05) is 48.7 Å². The van der Waals surface area contributed by atoms with Crippen molar-refractivity contribution in [1.29, 1.82) is 0 Å². The van der Waals surface area contributed by atoms with Crippen LogP contribution in [-0.2, 0) is 0 Å². The van der Waals surface area contributed by atoms with Gasteiger partial charge in [0.15, 0.2) is 5.11 Å². The third-order valence-electron chi connectivity index (χ3n) is 4.22. The number of aromatic nitrogens is 1. The molecule has 0 amide bonds. The molecule has 2 atom stereocenters. The van der Waals surface area contributed by atoms with E-state index in [9.17, 15) is 0 Å². The lowest BCUT2D eigenvalue weighted by atomic mass is 10.1. The van der Waals surface area contributed by atoms with Crippen molar-refractivity contribution < 1.29 is 0 Å². The Hall–Kier alpha value is -2.14. The maximum atomic E-state index is 5.62. The third-order valence-corrected chi connectivity index (χ3v) is 4.55. The molecule has 3 rings (SSSR count). The third kappa shape index (κ3) is 3.62. The molecule has 0 radical (unpaired) electrons. The largest absolute Gasteiger partial charge is 0.350 e. The molecule has 1 N–H and O–H groups in total. The molecule has 120 valence electrons. The van der Waals surface area contributed by atoms with Crippen LogP contribution in [0, 0.1) is 0 Å². The lowest BCUT2D eigenvalue weighted by Gasteiger charge is -2.45. The van der Waals surface area contributed by atoms with Crippen LogP contribution in [0.2, 0.25) is 0 Å². The molecule has 2 aromatic rings. The highest BCUT2D eigenvalue weighted by Crippen LogP contribution is 2.22. The van der Waals surface area contributed by atoms with Crippen LogP contribution in [-0.4, -0.2) is 40.2 Å². The molecular formula is C18H22N4S. The standard InChI is InChI=1S/C18H22N4S/c1-14-13-22(18(23)20-16-8-4-3-5-9-16)15(2)12-21(14)17-10-6-7-11-19-17/h3-11,14-15H,12-13H2,1-2H3,(H,20,23). The molecule has 0 spiro atoms. The van der Waals surface area contributed by atoms with Gasteiger partial charge in [0.25, 0.3) is 0 Å². The second kappa shape index (κ2) is 6.96. The zero-order valence-corrected chi connectivity index (χ0v) is 14.3. The minimum atomic E-state index is 0.330. The Bertz CT molecular complexity index is 647. The summed E-state index contributed by atoms with van der Waals surface area (Å²) < 4.78 is 0. The summed E-state index contributed by atoms with van der Waals surface area (Å²) in [6, 6.07) is 16.8. The number of anilines is 2. The van der Waals surface area contributed by atoms with Crippen molar-refractivity contribution in [2.45, 2.75) is 25.9 Å². The zero-order chi connectivity index (χ0) is 16.2. The number of thiocarbonyl (C=S) groups is 1. The summed E-state index contributed by atoms with van der Waals surface area (Å²) in [5, 5.41) is 4.13. The number of nitrogens with zero attached hydrogens (tertiary/aromatic N) is 3. The van der Waals surface area contributed by atoms with Crippen LogP contribution in [0.5, 0.6) is 0 Å². The van der Waals surface area contributed by atoms with E-state index in [0.29, 0.717) is 12.1 Å². The predicted molar refractivity (Wildman–Crippen MR) is 99.9 cm³/mol. The van der Waals surface area contributed by atoms with Gasteiger partial charge in [-0.2, -0.15) is 0 Å². The summed E-state index contributed by atoms with van der Waals surface area (Å²) >= 11 is 5.62. The Morgan fingerprint density at radius 3 is 2.48 bits per heavy atom. The SMILES string of the molecule is CC1CN(c2ccccn2)C(C)CN1C(=S)Nc1ccccc1. The summed E-state index contributed by atoms with van der Waals surface area (Å²) in [5.74, 6) is 1.04. The molecule has 1 aliphatic rings. The van der Waals surface area contributed by atoms with Gasteiger partial charge in [0.2, 0.25) is 0 Å². The van der Waals surface area contributed by atoms with Crippen molar-refractivity contribution in [3.63, 3.8) is 0 Å². The van der Waals surface area contributed by atoms with Crippen LogP contribution in [0.4, 0.5) is 11.5 Å². The van der Waals surface area contributed by atoms with Crippen molar-refractivity contribution >= 4 is 28.8 Å². The molecule has 1 aliphatic heterocycles. The minimum absolute atomic E-state index is 0.330. The van der Waals surface area contributed by atoms with Gasteiger partial charge in [-0.1, -0.05) is 24.3 Å². The molecule has 5 heteroatoms. The molecule has 1 fully saturated rings. The number of hydrogen-bond donors (Lipinski definition) is 1. The first-order valence-electron chi connectivity index (χ1n) is 7.95. The first kappa shape index (κ1) is 15.7. The van der Waals surface area contributed by atoms with Crippen LogP contribution >= 0.6 is 12.2 Å². The molecule has 1 aromatic heterocycles. The van der Waals surface area contributed by atoms with Gasteiger partial charge in [-0.3, -0.25) is 0 Å². The van der Waals surface area contributed by atoms with Crippen molar-refractivity contribution in [3.05, 3.63) is 54.7 Å². The summed E-state index contributed by atoms with van der Waals surface area (Å²) in [6.07, 6.45) is 1.85. The monoisotopic (exact) mass is 326 g/mol. The van der Waals surface area contributed by atoms with Gasteiger partial charge in [-0.25, -0.2) is 4.98 Å². The first-order chi connectivity index (χ1) is 11.1. The summed E-state index contributed by atoms with van der Waals surface area (Å²) in [7, 11) is 0. The number of rotatable bonds is 2. The summed E-state index contributed by atoms with van der Waals surface area (Å²) in [6.45, 7) is 6.23. The van der Waals surface area contributed by atoms with E-state index in [1.165, 1.54) is 0 Å².